The molecule has 3 rings (SSSR count). The van der Waals surface area contributed by atoms with Crippen molar-refractivity contribution in [3.8, 4) is 0 Å². The summed E-state index contributed by atoms with van der Waals surface area (Å²) in [5.74, 6) is -4.50. The van der Waals surface area contributed by atoms with Crippen molar-refractivity contribution in [1.82, 2.24) is 9.80 Å². The van der Waals surface area contributed by atoms with Gasteiger partial charge in [-0.2, -0.15) is 0 Å². The molecule has 34 heavy (non-hydrogen) atoms. The van der Waals surface area contributed by atoms with Gasteiger partial charge in [0.1, 0.15) is 16.3 Å². The molecular weight excluding hydrogens is 471 g/mol. The van der Waals surface area contributed by atoms with Crippen LogP contribution in [0.5, 0.6) is 0 Å². The molecule has 0 spiro atoms. The van der Waals surface area contributed by atoms with Gasteiger partial charge in [-0.1, -0.05) is 0 Å². The molecule has 2 aliphatic heterocycles. The van der Waals surface area contributed by atoms with Crippen LogP contribution in [0.25, 0.3) is 0 Å². The lowest BCUT2D eigenvalue weighted by atomic mass is 9.90. The molecule has 0 saturated carbocycles. The smallest absolute Gasteiger partial charge is 0.410 e. The number of ether oxygens (including phenoxy) is 1. The highest BCUT2D eigenvalue weighted by Gasteiger charge is 2.43. The summed E-state index contributed by atoms with van der Waals surface area (Å²) >= 11 is 0. The van der Waals surface area contributed by atoms with Gasteiger partial charge in [0, 0.05) is 57.1 Å². The highest BCUT2D eigenvalue weighted by atomic mass is 32.2. The summed E-state index contributed by atoms with van der Waals surface area (Å²) in [7, 11) is -3.65. The Balaban J connectivity index is 1.50. The van der Waals surface area contributed by atoms with Gasteiger partial charge >= 0.3 is 6.09 Å². The Kier molecular flexibility index (Phi) is 7.76. The number of hydrogen-bond donors (Lipinski definition) is 0. The third-order valence-corrected chi connectivity index (χ3v) is 7.36. The lowest BCUT2D eigenvalue weighted by Gasteiger charge is -2.41. The predicted octanol–water partition coefficient (Wildman–Crippen LogP) is 3.63. The molecule has 0 aliphatic carbocycles. The van der Waals surface area contributed by atoms with E-state index in [4.69, 9.17) is 4.74 Å². The minimum absolute atomic E-state index is 0.220. The number of rotatable bonds is 5. The van der Waals surface area contributed by atoms with E-state index in [1.165, 1.54) is 17.0 Å². The van der Waals surface area contributed by atoms with Crippen LogP contribution >= 0.6 is 0 Å². The summed E-state index contributed by atoms with van der Waals surface area (Å²) in [5.41, 5.74) is -0.0903. The van der Waals surface area contributed by atoms with Crippen LogP contribution in [0.2, 0.25) is 0 Å². The maximum Gasteiger partial charge on any atom is 0.410 e. The predicted molar refractivity (Wildman–Crippen MR) is 124 cm³/mol. The number of carbonyl (C=O) groups excluding carboxylic acids is 1. The number of piperidine rings is 1. The van der Waals surface area contributed by atoms with E-state index in [0.29, 0.717) is 31.9 Å². The highest BCUT2D eigenvalue weighted by molar-refractivity contribution is 7.90. The van der Waals surface area contributed by atoms with E-state index in [1.807, 2.05) is 4.90 Å². The monoisotopic (exact) mass is 505 g/mol. The van der Waals surface area contributed by atoms with Gasteiger partial charge in [0.25, 0.3) is 5.92 Å². The van der Waals surface area contributed by atoms with Crippen molar-refractivity contribution in [2.75, 3.05) is 57.0 Å². The summed E-state index contributed by atoms with van der Waals surface area (Å²) < 4.78 is 72.8. The molecule has 1 aromatic rings. The number of alkyl halides is 2. The van der Waals surface area contributed by atoms with Gasteiger partial charge < -0.3 is 14.5 Å². The Hall–Kier alpha value is -2.01. The van der Waals surface area contributed by atoms with Crippen molar-refractivity contribution in [3.05, 3.63) is 24.0 Å². The summed E-state index contributed by atoms with van der Waals surface area (Å²) in [5, 5.41) is 0. The fourth-order valence-electron chi connectivity index (χ4n) is 4.39. The minimum Gasteiger partial charge on any atom is -0.444 e. The van der Waals surface area contributed by atoms with Gasteiger partial charge in [0.15, 0.2) is 9.84 Å². The fourth-order valence-corrected chi connectivity index (χ4v) is 5.12. The Labute approximate surface area is 199 Å². The first-order chi connectivity index (χ1) is 15.7. The molecule has 0 bridgehead atoms. The van der Waals surface area contributed by atoms with Gasteiger partial charge in [0.2, 0.25) is 0 Å². The second kappa shape index (κ2) is 9.93. The molecule has 11 heteroatoms. The lowest BCUT2D eigenvalue weighted by molar-refractivity contribution is -0.0993. The quantitative estimate of drug-likeness (QED) is 0.609. The lowest BCUT2D eigenvalue weighted by Crippen LogP contribution is -2.53. The summed E-state index contributed by atoms with van der Waals surface area (Å²) in [6, 6.07) is 3.96. The van der Waals surface area contributed by atoms with Gasteiger partial charge in [-0.25, -0.2) is 26.4 Å². The first kappa shape index (κ1) is 26.6. The Morgan fingerprint density at radius 3 is 2.15 bits per heavy atom. The zero-order chi connectivity index (χ0) is 25.3. The van der Waals surface area contributed by atoms with E-state index >= 15 is 8.78 Å². The highest BCUT2D eigenvalue weighted by Crippen LogP contribution is 2.35. The third-order valence-electron chi connectivity index (χ3n) is 6.23. The van der Waals surface area contributed by atoms with Crippen LogP contribution in [-0.4, -0.2) is 87.9 Å². The number of likely N-dealkylation sites (tertiary alicyclic amines) is 1. The molecule has 2 heterocycles. The molecule has 2 saturated heterocycles. The standard InChI is InChI=1S/C23H34F3N3O4S/c1-22(2,3)33-21(30)29-9-7-17(8-10-29)23(25,26)16-27-11-13-28(14-12-27)18-5-6-20(19(24)15-18)34(4,31)32/h5-6,15,17H,7-14,16H2,1-4H3. The SMILES string of the molecule is CC(C)(C)OC(=O)N1CCC(C(F)(F)CN2CCN(c3ccc(S(C)(=O)=O)c(F)c3)CC2)CC1. The molecule has 2 fully saturated rings. The largest absolute Gasteiger partial charge is 0.444 e. The maximum absolute atomic E-state index is 15.0. The Morgan fingerprint density at radius 2 is 1.65 bits per heavy atom. The number of benzene rings is 1. The second-order valence-corrected chi connectivity index (χ2v) is 12.1. The molecule has 1 amide bonds. The normalized spacial score (nSPS) is 19.4. The van der Waals surface area contributed by atoms with E-state index in [2.05, 4.69) is 0 Å². The summed E-state index contributed by atoms with van der Waals surface area (Å²) in [6.07, 6.45) is 0.924. The van der Waals surface area contributed by atoms with Gasteiger partial charge in [-0.15, -0.1) is 0 Å². The number of nitrogens with zero attached hydrogens (tertiary/aromatic N) is 3. The molecule has 7 nitrogen and oxygen atoms in total. The molecule has 0 unspecified atom stereocenters. The number of amides is 1. The van der Waals surface area contributed by atoms with Gasteiger partial charge in [-0.05, 0) is 51.8 Å². The van der Waals surface area contributed by atoms with Crippen LogP contribution in [-0.2, 0) is 14.6 Å². The van der Waals surface area contributed by atoms with Crippen LogP contribution in [0.4, 0.5) is 23.7 Å². The van der Waals surface area contributed by atoms with Crippen molar-refractivity contribution >= 4 is 21.6 Å². The van der Waals surface area contributed by atoms with Crippen LogP contribution in [0.15, 0.2) is 23.1 Å². The average Bonchev–Trinajstić information content (AvgIpc) is 2.72. The third kappa shape index (κ3) is 6.78. The number of halogens is 3. The average molecular weight is 506 g/mol. The van der Waals surface area contributed by atoms with E-state index in [1.54, 1.807) is 31.7 Å². The topological polar surface area (TPSA) is 70.2 Å². The van der Waals surface area contributed by atoms with E-state index in [-0.39, 0.29) is 37.4 Å². The number of sulfone groups is 1. The van der Waals surface area contributed by atoms with Crippen LogP contribution < -0.4 is 4.90 Å². The molecule has 1 aromatic carbocycles. The Morgan fingerprint density at radius 1 is 1.06 bits per heavy atom. The molecule has 0 atom stereocenters. The zero-order valence-electron chi connectivity index (χ0n) is 20.2. The van der Waals surface area contributed by atoms with Crippen LogP contribution in [0.3, 0.4) is 0 Å². The van der Waals surface area contributed by atoms with Crippen LogP contribution in [0.1, 0.15) is 33.6 Å². The molecule has 0 radical (unpaired) electrons. The Bertz CT molecular complexity index is 982. The van der Waals surface area contributed by atoms with E-state index < -0.39 is 39.2 Å². The molecular formula is C23H34F3N3O4S. The van der Waals surface area contributed by atoms with E-state index in [0.717, 1.165) is 6.26 Å². The van der Waals surface area contributed by atoms with Crippen molar-refractivity contribution in [2.45, 2.75) is 50.0 Å². The van der Waals surface area contributed by atoms with Gasteiger partial charge in [0.05, 0.1) is 6.54 Å². The van der Waals surface area contributed by atoms with Crippen molar-refractivity contribution in [1.29, 1.82) is 0 Å². The first-order valence-electron chi connectivity index (χ1n) is 11.5. The van der Waals surface area contributed by atoms with Crippen molar-refractivity contribution in [2.24, 2.45) is 5.92 Å². The van der Waals surface area contributed by atoms with Crippen LogP contribution in [0, 0.1) is 11.7 Å². The second-order valence-electron chi connectivity index (χ2n) is 10.2. The minimum atomic E-state index is -3.65. The number of hydrogen-bond acceptors (Lipinski definition) is 6. The molecule has 192 valence electrons. The maximum atomic E-state index is 15.0. The number of piperazine rings is 1. The van der Waals surface area contributed by atoms with Gasteiger partial charge in [-0.3, -0.25) is 4.90 Å². The zero-order valence-corrected chi connectivity index (χ0v) is 21.0. The molecule has 0 aromatic heterocycles. The fraction of sp³-hybridized carbons (Fsp3) is 0.696. The first-order valence-corrected chi connectivity index (χ1v) is 13.4. The van der Waals surface area contributed by atoms with Crippen molar-refractivity contribution < 1.29 is 31.1 Å². The number of carbonyl (C=O) groups is 1. The summed E-state index contributed by atoms with van der Waals surface area (Å²) in [4.78, 5) is 16.9. The summed E-state index contributed by atoms with van der Waals surface area (Å²) in [6.45, 7) is 7.10. The van der Waals surface area contributed by atoms with Crippen molar-refractivity contribution in [3.63, 3.8) is 0 Å². The molecule has 2 aliphatic rings. The molecule has 0 N–H and O–H groups in total. The number of anilines is 1. The van der Waals surface area contributed by atoms with E-state index in [9.17, 15) is 17.6 Å².